The van der Waals surface area contributed by atoms with Gasteiger partial charge in [0.25, 0.3) is 0 Å². The SMILES string of the molecule is CCC(=O)C1C2C=CC(C2)C1C. The molecule has 4 atom stereocenters. The number of ketones is 1. The highest BCUT2D eigenvalue weighted by atomic mass is 16.1. The molecule has 1 nitrogen and oxygen atoms in total. The Hall–Kier alpha value is -0.590. The molecule has 0 aliphatic heterocycles. The van der Waals surface area contributed by atoms with Crippen molar-refractivity contribution in [2.75, 3.05) is 0 Å². The minimum atomic E-state index is 0.352. The van der Waals surface area contributed by atoms with E-state index in [0.29, 0.717) is 35.9 Å². The molecule has 0 radical (unpaired) electrons. The minimum Gasteiger partial charge on any atom is -0.299 e. The van der Waals surface area contributed by atoms with Crippen LogP contribution in [-0.4, -0.2) is 5.78 Å². The fourth-order valence-corrected chi connectivity index (χ4v) is 2.84. The molecule has 2 rings (SSSR count). The van der Waals surface area contributed by atoms with E-state index in [0.717, 1.165) is 0 Å². The van der Waals surface area contributed by atoms with Crippen molar-refractivity contribution in [2.24, 2.45) is 23.7 Å². The standard InChI is InChI=1S/C11H16O/c1-3-10(12)11-7(2)8-4-5-9(11)6-8/h4-5,7-9,11H,3,6H2,1-2H3. The number of fused-ring (bicyclic) bond motifs is 2. The summed E-state index contributed by atoms with van der Waals surface area (Å²) in [7, 11) is 0. The van der Waals surface area contributed by atoms with Gasteiger partial charge in [0, 0.05) is 12.3 Å². The monoisotopic (exact) mass is 164 g/mol. The average Bonchev–Trinajstić information content (AvgIpc) is 2.63. The van der Waals surface area contributed by atoms with Crippen LogP contribution in [0.15, 0.2) is 12.2 Å². The third-order valence-corrected chi connectivity index (χ3v) is 3.57. The summed E-state index contributed by atoms with van der Waals surface area (Å²) in [4.78, 5) is 11.6. The van der Waals surface area contributed by atoms with Gasteiger partial charge in [-0.3, -0.25) is 4.79 Å². The minimum absolute atomic E-state index is 0.352. The third-order valence-electron chi connectivity index (χ3n) is 3.57. The van der Waals surface area contributed by atoms with Crippen molar-refractivity contribution >= 4 is 5.78 Å². The number of allylic oxidation sites excluding steroid dienone is 2. The first kappa shape index (κ1) is 8.03. The summed E-state index contributed by atoms with van der Waals surface area (Å²) < 4.78 is 0. The molecule has 66 valence electrons. The van der Waals surface area contributed by atoms with Crippen LogP contribution >= 0.6 is 0 Å². The Labute approximate surface area is 73.8 Å². The highest BCUT2D eigenvalue weighted by molar-refractivity contribution is 5.82. The lowest BCUT2D eigenvalue weighted by atomic mass is 9.81. The van der Waals surface area contributed by atoms with Gasteiger partial charge < -0.3 is 0 Å². The number of hydrogen-bond donors (Lipinski definition) is 0. The molecule has 4 unspecified atom stereocenters. The highest BCUT2D eigenvalue weighted by Crippen LogP contribution is 2.48. The van der Waals surface area contributed by atoms with E-state index in [1.54, 1.807) is 0 Å². The summed E-state index contributed by atoms with van der Waals surface area (Å²) in [5.41, 5.74) is 0. The van der Waals surface area contributed by atoms with Crippen LogP contribution in [0.2, 0.25) is 0 Å². The van der Waals surface area contributed by atoms with E-state index in [2.05, 4.69) is 19.1 Å². The van der Waals surface area contributed by atoms with Crippen LogP contribution in [0.4, 0.5) is 0 Å². The van der Waals surface area contributed by atoms with Crippen molar-refractivity contribution in [1.29, 1.82) is 0 Å². The Morgan fingerprint density at radius 2 is 2.08 bits per heavy atom. The van der Waals surface area contributed by atoms with Gasteiger partial charge in [-0.05, 0) is 24.2 Å². The zero-order valence-corrected chi connectivity index (χ0v) is 7.79. The summed E-state index contributed by atoms with van der Waals surface area (Å²) >= 11 is 0. The van der Waals surface area contributed by atoms with Gasteiger partial charge in [-0.25, -0.2) is 0 Å². The predicted molar refractivity (Wildman–Crippen MR) is 48.7 cm³/mol. The lowest BCUT2D eigenvalue weighted by Gasteiger charge is -2.22. The Morgan fingerprint density at radius 3 is 2.58 bits per heavy atom. The van der Waals surface area contributed by atoms with Crippen LogP contribution in [0.1, 0.15) is 26.7 Å². The second-order valence-corrected chi connectivity index (χ2v) is 4.15. The van der Waals surface area contributed by atoms with E-state index in [1.807, 2.05) is 6.92 Å². The van der Waals surface area contributed by atoms with Crippen molar-refractivity contribution in [2.45, 2.75) is 26.7 Å². The Morgan fingerprint density at radius 1 is 1.42 bits per heavy atom. The molecule has 0 heterocycles. The molecule has 12 heavy (non-hydrogen) atoms. The first-order valence-corrected chi connectivity index (χ1v) is 4.95. The molecule has 2 bridgehead atoms. The molecule has 0 N–H and O–H groups in total. The van der Waals surface area contributed by atoms with Gasteiger partial charge in [0.05, 0.1) is 0 Å². The molecule has 0 aromatic rings. The molecular formula is C11H16O. The fraction of sp³-hybridized carbons (Fsp3) is 0.727. The van der Waals surface area contributed by atoms with Crippen LogP contribution < -0.4 is 0 Å². The third kappa shape index (κ3) is 0.954. The van der Waals surface area contributed by atoms with E-state index in [9.17, 15) is 4.79 Å². The number of carbonyl (C=O) groups is 1. The first-order chi connectivity index (χ1) is 5.74. The summed E-state index contributed by atoms with van der Waals surface area (Å²) in [6, 6.07) is 0. The van der Waals surface area contributed by atoms with Gasteiger partial charge >= 0.3 is 0 Å². The molecule has 0 spiro atoms. The summed E-state index contributed by atoms with van der Waals surface area (Å²) in [5.74, 6) is 2.71. The van der Waals surface area contributed by atoms with Gasteiger partial charge in [0.2, 0.25) is 0 Å². The zero-order chi connectivity index (χ0) is 8.72. The number of carbonyl (C=O) groups excluding carboxylic acids is 1. The summed E-state index contributed by atoms with van der Waals surface area (Å²) in [6.07, 6.45) is 6.50. The van der Waals surface area contributed by atoms with E-state index < -0.39 is 0 Å². The largest absolute Gasteiger partial charge is 0.299 e. The Kier molecular flexibility index (Phi) is 1.82. The smallest absolute Gasteiger partial charge is 0.136 e. The quantitative estimate of drug-likeness (QED) is 0.573. The van der Waals surface area contributed by atoms with Gasteiger partial charge in [0.1, 0.15) is 5.78 Å². The normalized spacial score (nSPS) is 43.8. The Bertz CT molecular complexity index is 229. The van der Waals surface area contributed by atoms with Crippen LogP contribution in [0.25, 0.3) is 0 Å². The lowest BCUT2D eigenvalue weighted by Crippen LogP contribution is -2.24. The molecule has 0 saturated heterocycles. The predicted octanol–water partition coefficient (Wildman–Crippen LogP) is 2.42. The van der Waals surface area contributed by atoms with Crippen LogP contribution in [0.5, 0.6) is 0 Å². The Balaban J connectivity index is 2.18. The van der Waals surface area contributed by atoms with Crippen molar-refractivity contribution in [3.63, 3.8) is 0 Å². The average molecular weight is 164 g/mol. The van der Waals surface area contributed by atoms with Crippen LogP contribution in [-0.2, 0) is 4.79 Å². The van der Waals surface area contributed by atoms with Gasteiger partial charge in [-0.1, -0.05) is 26.0 Å². The zero-order valence-electron chi connectivity index (χ0n) is 7.79. The first-order valence-electron chi connectivity index (χ1n) is 4.95. The molecular weight excluding hydrogens is 148 g/mol. The summed E-state index contributed by atoms with van der Waals surface area (Å²) in [6.45, 7) is 4.21. The lowest BCUT2D eigenvalue weighted by molar-refractivity contribution is -0.124. The second kappa shape index (κ2) is 2.72. The fourth-order valence-electron chi connectivity index (χ4n) is 2.84. The maximum absolute atomic E-state index is 11.6. The molecule has 0 amide bonds. The second-order valence-electron chi connectivity index (χ2n) is 4.15. The highest BCUT2D eigenvalue weighted by Gasteiger charge is 2.44. The molecule has 2 aliphatic carbocycles. The molecule has 0 aromatic heterocycles. The van der Waals surface area contributed by atoms with E-state index in [-0.39, 0.29) is 0 Å². The molecule has 1 heteroatoms. The van der Waals surface area contributed by atoms with Gasteiger partial charge in [-0.2, -0.15) is 0 Å². The summed E-state index contributed by atoms with van der Waals surface area (Å²) in [5, 5.41) is 0. The van der Waals surface area contributed by atoms with Crippen LogP contribution in [0.3, 0.4) is 0 Å². The number of rotatable bonds is 2. The number of Topliss-reactive ketones (excluding diaryl/α,β-unsaturated/α-hetero) is 1. The van der Waals surface area contributed by atoms with E-state index in [1.165, 1.54) is 6.42 Å². The molecule has 1 saturated carbocycles. The van der Waals surface area contributed by atoms with Crippen LogP contribution in [0, 0.1) is 23.7 Å². The maximum Gasteiger partial charge on any atom is 0.136 e. The topological polar surface area (TPSA) is 17.1 Å². The van der Waals surface area contributed by atoms with Crippen molar-refractivity contribution in [3.8, 4) is 0 Å². The van der Waals surface area contributed by atoms with Crippen molar-refractivity contribution < 1.29 is 4.79 Å². The van der Waals surface area contributed by atoms with Gasteiger partial charge in [-0.15, -0.1) is 0 Å². The maximum atomic E-state index is 11.6. The van der Waals surface area contributed by atoms with E-state index >= 15 is 0 Å². The molecule has 2 aliphatic rings. The van der Waals surface area contributed by atoms with Gasteiger partial charge in [0.15, 0.2) is 0 Å². The van der Waals surface area contributed by atoms with Crippen molar-refractivity contribution in [1.82, 2.24) is 0 Å². The van der Waals surface area contributed by atoms with E-state index in [4.69, 9.17) is 0 Å². The van der Waals surface area contributed by atoms with Crippen molar-refractivity contribution in [3.05, 3.63) is 12.2 Å². The molecule has 1 fully saturated rings. The molecule has 0 aromatic carbocycles. The number of hydrogen-bond acceptors (Lipinski definition) is 1.